The fourth-order valence-corrected chi connectivity index (χ4v) is 4.97. The molecular weight excluding hydrogens is 503 g/mol. The molecule has 0 radical (unpaired) electrons. The zero-order valence-electron chi connectivity index (χ0n) is 17.9. The lowest BCUT2D eigenvalue weighted by atomic mass is 9.97. The SMILES string of the molecule is CN=C(NCCS(=O)C(C)(C)C)NCC(c1cccs1)N1CCC(C)CC1.I. The molecule has 1 saturated heterocycles. The van der Waals surface area contributed by atoms with Crippen LogP contribution in [0, 0.1) is 5.92 Å². The van der Waals surface area contributed by atoms with Gasteiger partial charge in [-0.15, -0.1) is 35.3 Å². The number of nitrogens with one attached hydrogen (secondary N) is 2. The summed E-state index contributed by atoms with van der Waals surface area (Å²) in [5.74, 6) is 2.24. The number of hydrogen-bond donors (Lipinski definition) is 2. The lowest BCUT2D eigenvalue weighted by molar-refractivity contribution is 0.140. The zero-order chi connectivity index (χ0) is 19.9. The van der Waals surface area contributed by atoms with Crippen molar-refractivity contribution in [2.75, 3.05) is 39.0 Å². The first-order valence-electron chi connectivity index (χ1n) is 9.91. The summed E-state index contributed by atoms with van der Waals surface area (Å²) >= 11 is 1.83. The Labute approximate surface area is 194 Å². The van der Waals surface area contributed by atoms with Gasteiger partial charge in [-0.2, -0.15) is 0 Å². The fourth-order valence-electron chi connectivity index (χ4n) is 3.21. The van der Waals surface area contributed by atoms with Crippen LogP contribution in [0.5, 0.6) is 0 Å². The molecule has 2 unspecified atom stereocenters. The predicted octanol–water partition coefficient (Wildman–Crippen LogP) is 3.85. The van der Waals surface area contributed by atoms with Crippen LogP contribution < -0.4 is 10.6 Å². The summed E-state index contributed by atoms with van der Waals surface area (Å²) in [4.78, 5) is 8.34. The van der Waals surface area contributed by atoms with Crippen molar-refractivity contribution in [2.24, 2.45) is 10.9 Å². The highest BCUT2D eigenvalue weighted by molar-refractivity contribution is 14.0. The van der Waals surface area contributed by atoms with E-state index in [9.17, 15) is 4.21 Å². The van der Waals surface area contributed by atoms with E-state index >= 15 is 0 Å². The molecule has 28 heavy (non-hydrogen) atoms. The summed E-state index contributed by atoms with van der Waals surface area (Å²) in [6.07, 6.45) is 2.54. The normalized spacial score (nSPS) is 19.0. The average molecular weight is 541 g/mol. The summed E-state index contributed by atoms with van der Waals surface area (Å²) in [5, 5.41) is 8.95. The Kier molecular flexibility index (Phi) is 11.5. The lowest BCUT2D eigenvalue weighted by Crippen LogP contribution is -2.45. The standard InChI is InChI=1S/C20H36N4OS2.HI/c1-16-8-11-24(12-9-16)17(18-7-6-13-26-18)15-23-19(21-5)22-10-14-27(25)20(2,3)4;/h6-7,13,16-17H,8-12,14-15H2,1-5H3,(H2,21,22,23);1H. The second kappa shape index (κ2) is 12.5. The van der Waals surface area contributed by atoms with Gasteiger partial charge in [0.2, 0.25) is 0 Å². The molecule has 0 aliphatic carbocycles. The fraction of sp³-hybridized carbons (Fsp3) is 0.750. The number of piperidine rings is 1. The van der Waals surface area contributed by atoms with Gasteiger partial charge in [-0.25, -0.2) is 0 Å². The molecule has 1 aliphatic rings. The first-order valence-corrected chi connectivity index (χ1v) is 12.1. The highest BCUT2D eigenvalue weighted by Gasteiger charge is 2.25. The highest BCUT2D eigenvalue weighted by atomic mass is 127. The Morgan fingerprint density at radius 1 is 1.36 bits per heavy atom. The van der Waals surface area contributed by atoms with Crippen LogP contribution in [0.4, 0.5) is 0 Å². The molecule has 5 nitrogen and oxygen atoms in total. The number of guanidine groups is 1. The van der Waals surface area contributed by atoms with E-state index in [4.69, 9.17) is 0 Å². The molecule has 8 heteroatoms. The number of halogens is 1. The van der Waals surface area contributed by atoms with Gasteiger partial charge in [0, 0.05) is 46.3 Å². The molecule has 0 amide bonds. The molecule has 162 valence electrons. The number of rotatable bonds is 7. The maximum Gasteiger partial charge on any atom is 0.191 e. The number of thiophene rings is 1. The van der Waals surface area contributed by atoms with Crippen molar-refractivity contribution in [2.45, 2.75) is 51.3 Å². The monoisotopic (exact) mass is 540 g/mol. The summed E-state index contributed by atoms with van der Waals surface area (Å²) in [6, 6.07) is 4.74. The van der Waals surface area contributed by atoms with Gasteiger partial charge in [0.1, 0.15) is 0 Å². The first-order chi connectivity index (χ1) is 12.8. The van der Waals surface area contributed by atoms with Gasteiger partial charge < -0.3 is 10.6 Å². The zero-order valence-corrected chi connectivity index (χ0v) is 21.8. The molecule has 1 aromatic rings. The van der Waals surface area contributed by atoms with Crippen molar-refractivity contribution in [3.8, 4) is 0 Å². The third kappa shape index (κ3) is 8.28. The Bertz CT molecular complexity index is 608. The van der Waals surface area contributed by atoms with Crippen LogP contribution in [0.1, 0.15) is 51.5 Å². The van der Waals surface area contributed by atoms with Crippen molar-refractivity contribution >= 4 is 52.1 Å². The molecule has 1 aromatic heterocycles. The van der Waals surface area contributed by atoms with E-state index in [-0.39, 0.29) is 28.7 Å². The summed E-state index contributed by atoms with van der Waals surface area (Å²) in [7, 11) is 0.939. The van der Waals surface area contributed by atoms with Crippen molar-refractivity contribution in [1.29, 1.82) is 0 Å². The molecule has 2 N–H and O–H groups in total. The molecule has 1 fully saturated rings. The maximum absolute atomic E-state index is 12.2. The second-order valence-electron chi connectivity index (χ2n) is 8.29. The third-order valence-electron chi connectivity index (χ3n) is 5.08. The molecular formula is C20H37IN4OS2. The summed E-state index contributed by atoms with van der Waals surface area (Å²) in [6.45, 7) is 12.2. The summed E-state index contributed by atoms with van der Waals surface area (Å²) in [5.41, 5.74) is 0. The van der Waals surface area contributed by atoms with Crippen molar-refractivity contribution in [3.05, 3.63) is 22.4 Å². The van der Waals surface area contributed by atoms with Gasteiger partial charge in [-0.05, 0) is 64.1 Å². The van der Waals surface area contributed by atoms with E-state index in [1.165, 1.54) is 17.7 Å². The van der Waals surface area contributed by atoms with E-state index in [2.05, 4.69) is 45.0 Å². The third-order valence-corrected chi connectivity index (χ3v) is 7.99. The van der Waals surface area contributed by atoms with Crippen LogP contribution >= 0.6 is 35.3 Å². The minimum Gasteiger partial charge on any atom is -0.355 e. The predicted molar refractivity (Wildman–Crippen MR) is 135 cm³/mol. The largest absolute Gasteiger partial charge is 0.355 e. The average Bonchev–Trinajstić information content (AvgIpc) is 3.15. The highest BCUT2D eigenvalue weighted by Crippen LogP contribution is 2.29. The molecule has 0 saturated carbocycles. The van der Waals surface area contributed by atoms with Gasteiger partial charge >= 0.3 is 0 Å². The minimum atomic E-state index is -0.852. The van der Waals surface area contributed by atoms with E-state index in [0.29, 0.717) is 18.3 Å². The van der Waals surface area contributed by atoms with E-state index < -0.39 is 10.8 Å². The van der Waals surface area contributed by atoms with Crippen molar-refractivity contribution < 1.29 is 4.21 Å². The number of nitrogens with zero attached hydrogens (tertiary/aromatic N) is 2. The molecule has 0 spiro atoms. The molecule has 2 rings (SSSR count). The minimum absolute atomic E-state index is 0. The Hall–Kier alpha value is -0.190. The quantitative estimate of drug-likeness (QED) is 0.314. The Balaban J connectivity index is 0.00000392. The summed E-state index contributed by atoms with van der Waals surface area (Å²) < 4.78 is 12.0. The molecule has 2 heterocycles. The van der Waals surface area contributed by atoms with E-state index in [0.717, 1.165) is 31.5 Å². The number of hydrogen-bond acceptors (Lipinski definition) is 4. The van der Waals surface area contributed by atoms with Crippen LogP contribution in [-0.2, 0) is 10.8 Å². The topological polar surface area (TPSA) is 56.7 Å². The van der Waals surface area contributed by atoms with Crippen molar-refractivity contribution in [1.82, 2.24) is 15.5 Å². The van der Waals surface area contributed by atoms with Crippen LogP contribution in [-0.4, -0.2) is 58.8 Å². The van der Waals surface area contributed by atoms with E-state index in [1.807, 2.05) is 32.1 Å². The smallest absolute Gasteiger partial charge is 0.191 e. The van der Waals surface area contributed by atoms with Gasteiger partial charge in [0.15, 0.2) is 5.96 Å². The molecule has 2 atom stereocenters. The van der Waals surface area contributed by atoms with Crippen molar-refractivity contribution in [3.63, 3.8) is 0 Å². The number of aliphatic imine (C=N–C) groups is 1. The Morgan fingerprint density at radius 3 is 2.57 bits per heavy atom. The van der Waals surface area contributed by atoms with E-state index in [1.54, 1.807) is 7.05 Å². The van der Waals surface area contributed by atoms with Gasteiger partial charge in [-0.1, -0.05) is 13.0 Å². The molecule has 1 aliphatic heterocycles. The molecule has 0 bridgehead atoms. The lowest BCUT2D eigenvalue weighted by Gasteiger charge is -2.36. The maximum atomic E-state index is 12.2. The van der Waals surface area contributed by atoms with Gasteiger partial charge in [-0.3, -0.25) is 14.1 Å². The van der Waals surface area contributed by atoms with Crippen LogP contribution in [0.3, 0.4) is 0 Å². The first kappa shape index (κ1) is 25.8. The molecule has 0 aromatic carbocycles. The second-order valence-corrected chi connectivity index (χ2v) is 11.6. The van der Waals surface area contributed by atoms with Crippen LogP contribution in [0.15, 0.2) is 22.5 Å². The number of likely N-dealkylation sites (tertiary alicyclic amines) is 1. The van der Waals surface area contributed by atoms with Gasteiger partial charge in [0.05, 0.1) is 6.04 Å². The Morgan fingerprint density at radius 2 is 2.04 bits per heavy atom. The van der Waals surface area contributed by atoms with Crippen LogP contribution in [0.25, 0.3) is 0 Å². The van der Waals surface area contributed by atoms with Gasteiger partial charge in [0.25, 0.3) is 0 Å². The van der Waals surface area contributed by atoms with Crippen LogP contribution in [0.2, 0.25) is 0 Å².